The number of hydrogen-bond donors (Lipinski definition) is 2. The third kappa shape index (κ3) is 2.77. The van der Waals surface area contributed by atoms with Crippen LogP contribution in [0.25, 0.3) is 0 Å². The average molecular weight is 349 g/mol. The molecular formula is C21H23N3O2. The number of amides is 1. The number of benzene rings is 2. The highest BCUT2D eigenvalue weighted by Crippen LogP contribution is 2.42. The van der Waals surface area contributed by atoms with Crippen molar-refractivity contribution in [2.24, 2.45) is 5.92 Å². The minimum atomic E-state index is -0.1000. The van der Waals surface area contributed by atoms with E-state index in [2.05, 4.69) is 39.8 Å². The van der Waals surface area contributed by atoms with Crippen molar-refractivity contribution in [1.82, 2.24) is 0 Å². The predicted octanol–water partition coefficient (Wildman–Crippen LogP) is 3.62. The Hall–Kier alpha value is -2.69. The van der Waals surface area contributed by atoms with Gasteiger partial charge in [0.05, 0.1) is 17.1 Å². The van der Waals surface area contributed by atoms with Gasteiger partial charge in [-0.1, -0.05) is 18.2 Å². The second kappa shape index (κ2) is 6.24. The third-order valence-electron chi connectivity index (χ3n) is 5.78. The third-order valence-corrected chi connectivity index (χ3v) is 5.78. The molecule has 2 fully saturated rings. The molecule has 134 valence electrons. The molecule has 26 heavy (non-hydrogen) atoms. The maximum atomic E-state index is 11.5. The van der Waals surface area contributed by atoms with E-state index in [1.807, 2.05) is 18.2 Å². The number of rotatable bonds is 4. The summed E-state index contributed by atoms with van der Waals surface area (Å²) in [5.41, 5.74) is 4.37. The number of nitrogens with one attached hydrogen (secondary N) is 2. The molecule has 1 amide bonds. The van der Waals surface area contributed by atoms with Crippen molar-refractivity contribution in [1.29, 1.82) is 0 Å². The minimum absolute atomic E-state index is 0.0932. The summed E-state index contributed by atoms with van der Waals surface area (Å²) < 4.78 is 5.43. The van der Waals surface area contributed by atoms with Gasteiger partial charge in [0.25, 0.3) is 5.91 Å². The SMILES string of the molecule is O=C1COc2ccc(CNc3ccccc3N3C[C@H]4CC[C@H]3C4)cc2N1. The molecule has 1 saturated carbocycles. The molecule has 0 unspecified atom stereocenters. The molecule has 2 aromatic rings. The molecule has 2 bridgehead atoms. The molecule has 0 spiro atoms. The van der Waals surface area contributed by atoms with Crippen LogP contribution in [0.5, 0.6) is 5.75 Å². The molecule has 5 rings (SSSR count). The minimum Gasteiger partial charge on any atom is -0.482 e. The zero-order chi connectivity index (χ0) is 17.5. The van der Waals surface area contributed by atoms with Gasteiger partial charge >= 0.3 is 0 Å². The van der Waals surface area contributed by atoms with Crippen LogP contribution in [0.4, 0.5) is 17.1 Å². The molecule has 2 aliphatic heterocycles. The normalized spacial score (nSPS) is 23.4. The van der Waals surface area contributed by atoms with Gasteiger partial charge in [0.2, 0.25) is 0 Å². The van der Waals surface area contributed by atoms with Crippen molar-refractivity contribution in [3.63, 3.8) is 0 Å². The summed E-state index contributed by atoms with van der Waals surface area (Å²) in [7, 11) is 0. The van der Waals surface area contributed by atoms with Crippen LogP contribution in [0, 0.1) is 5.92 Å². The Morgan fingerprint density at radius 3 is 2.96 bits per heavy atom. The van der Waals surface area contributed by atoms with Gasteiger partial charge in [0, 0.05) is 19.1 Å². The van der Waals surface area contributed by atoms with Gasteiger partial charge in [-0.2, -0.15) is 0 Å². The van der Waals surface area contributed by atoms with Crippen molar-refractivity contribution in [3.8, 4) is 5.75 Å². The lowest BCUT2D eigenvalue weighted by Crippen LogP contribution is -2.32. The molecule has 2 heterocycles. The largest absolute Gasteiger partial charge is 0.482 e. The highest BCUT2D eigenvalue weighted by Gasteiger charge is 2.38. The first kappa shape index (κ1) is 15.6. The van der Waals surface area contributed by atoms with Crippen LogP contribution < -0.4 is 20.3 Å². The van der Waals surface area contributed by atoms with E-state index in [0.717, 1.165) is 22.9 Å². The summed E-state index contributed by atoms with van der Waals surface area (Å²) in [6.45, 7) is 1.99. The second-order valence-corrected chi connectivity index (χ2v) is 7.52. The summed E-state index contributed by atoms with van der Waals surface area (Å²) >= 11 is 0. The molecule has 2 aromatic carbocycles. The standard InChI is InChI=1S/C21H23N3O2/c25-21-13-26-20-8-6-14(10-18(20)23-21)11-22-17-3-1-2-4-19(17)24-12-15-5-7-16(24)9-15/h1-4,6,8,10,15-16,22H,5,7,9,11-13H2,(H,23,25)/t15-,16-/m0/s1. The molecule has 5 nitrogen and oxygen atoms in total. The van der Waals surface area contributed by atoms with Gasteiger partial charge in [-0.25, -0.2) is 0 Å². The van der Waals surface area contributed by atoms with E-state index in [9.17, 15) is 4.79 Å². The van der Waals surface area contributed by atoms with E-state index in [4.69, 9.17) is 4.74 Å². The topological polar surface area (TPSA) is 53.6 Å². The maximum absolute atomic E-state index is 11.5. The fraction of sp³-hybridized carbons (Fsp3) is 0.381. The van der Waals surface area contributed by atoms with Crippen molar-refractivity contribution >= 4 is 23.0 Å². The van der Waals surface area contributed by atoms with Crippen molar-refractivity contribution in [3.05, 3.63) is 48.0 Å². The number of nitrogens with zero attached hydrogens (tertiary/aromatic N) is 1. The van der Waals surface area contributed by atoms with E-state index in [1.54, 1.807) is 0 Å². The number of para-hydroxylation sites is 2. The summed E-state index contributed by atoms with van der Waals surface area (Å²) in [5, 5.41) is 6.46. The quantitative estimate of drug-likeness (QED) is 0.885. The molecule has 0 radical (unpaired) electrons. The van der Waals surface area contributed by atoms with E-state index in [-0.39, 0.29) is 12.5 Å². The molecule has 2 atom stereocenters. The fourth-order valence-electron chi connectivity index (χ4n) is 4.53. The maximum Gasteiger partial charge on any atom is 0.262 e. The Bertz CT molecular complexity index is 851. The van der Waals surface area contributed by atoms with Crippen LogP contribution in [-0.2, 0) is 11.3 Å². The van der Waals surface area contributed by atoms with Crippen LogP contribution in [0.15, 0.2) is 42.5 Å². The van der Waals surface area contributed by atoms with Crippen LogP contribution in [0.3, 0.4) is 0 Å². The Morgan fingerprint density at radius 1 is 1.19 bits per heavy atom. The molecule has 5 heteroatoms. The zero-order valence-electron chi connectivity index (χ0n) is 14.7. The predicted molar refractivity (Wildman–Crippen MR) is 103 cm³/mol. The Labute approximate surface area is 153 Å². The Balaban J connectivity index is 1.33. The van der Waals surface area contributed by atoms with Gasteiger partial charge in [0.1, 0.15) is 5.75 Å². The number of hydrogen-bond acceptors (Lipinski definition) is 4. The van der Waals surface area contributed by atoms with Crippen molar-refractivity contribution < 1.29 is 9.53 Å². The highest BCUT2D eigenvalue weighted by molar-refractivity contribution is 5.95. The molecular weight excluding hydrogens is 326 g/mol. The van der Waals surface area contributed by atoms with Crippen molar-refractivity contribution in [2.45, 2.75) is 31.8 Å². The molecule has 3 aliphatic rings. The lowest BCUT2D eigenvalue weighted by molar-refractivity contribution is -0.118. The average Bonchev–Trinajstić information content (AvgIpc) is 3.30. The van der Waals surface area contributed by atoms with Crippen LogP contribution in [-0.4, -0.2) is 25.1 Å². The Kier molecular flexibility index (Phi) is 3.73. The number of fused-ring (bicyclic) bond motifs is 3. The van der Waals surface area contributed by atoms with E-state index in [1.165, 1.54) is 37.2 Å². The molecule has 1 saturated heterocycles. The first-order valence-electron chi connectivity index (χ1n) is 9.41. The van der Waals surface area contributed by atoms with Crippen LogP contribution in [0.2, 0.25) is 0 Å². The Morgan fingerprint density at radius 2 is 2.12 bits per heavy atom. The first-order chi connectivity index (χ1) is 12.8. The number of carbonyl (C=O) groups excluding carboxylic acids is 1. The molecule has 2 N–H and O–H groups in total. The van der Waals surface area contributed by atoms with Gasteiger partial charge in [-0.3, -0.25) is 4.79 Å². The van der Waals surface area contributed by atoms with Crippen LogP contribution in [0.1, 0.15) is 24.8 Å². The summed E-state index contributed by atoms with van der Waals surface area (Å²) in [6, 6.07) is 15.3. The second-order valence-electron chi connectivity index (χ2n) is 7.52. The summed E-state index contributed by atoms with van der Waals surface area (Å²) in [6.07, 6.45) is 4.06. The zero-order valence-corrected chi connectivity index (χ0v) is 14.7. The first-order valence-corrected chi connectivity index (χ1v) is 9.41. The summed E-state index contributed by atoms with van der Waals surface area (Å²) in [5.74, 6) is 1.51. The van der Waals surface area contributed by atoms with Crippen LogP contribution >= 0.6 is 0 Å². The van der Waals surface area contributed by atoms with E-state index >= 15 is 0 Å². The monoisotopic (exact) mass is 349 g/mol. The number of piperidine rings is 1. The van der Waals surface area contributed by atoms with E-state index in [0.29, 0.717) is 12.6 Å². The molecule has 0 aromatic heterocycles. The van der Waals surface area contributed by atoms with Crippen molar-refractivity contribution in [2.75, 3.05) is 28.7 Å². The van der Waals surface area contributed by atoms with Gasteiger partial charge in [-0.15, -0.1) is 0 Å². The smallest absolute Gasteiger partial charge is 0.262 e. The number of carbonyl (C=O) groups is 1. The lowest BCUT2D eigenvalue weighted by Gasteiger charge is -2.31. The number of anilines is 3. The van der Waals surface area contributed by atoms with Gasteiger partial charge in [-0.05, 0) is 55.0 Å². The molecule has 1 aliphatic carbocycles. The van der Waals surface area contributed by atoms with Gasteiger partial charge in [0.15, 0.2) is 6.61 Å². The van der Waals surface area contributed by atoms with E-state index < -0.39 is 0 Å². The number of ether oxygens (including phenoxy) is 1. The highest BCUT2D eigenvalue weighted by atomic mass is 16.5. The fourth-order valence-corrected chi connectivity index (χ4v) is 4.53. The van der Waals surface area contributed by atoms with Gasteiger partial charge < -0.3 is 20.3 Å². The lowest BCUT2D eigenvalue weighted by atomic mass is 10.1. The summed E-state index contributed by atoms with van der Waals surface area (Å²) in [4.78, 5) is 14.1.